The fourth-order valence-electron chi connectivity index (χ4n) is 0.974. The fraction of sp³-hybridized carbons (Fsp3) is 0.111. The lowest BCUT2D eigenvalue weighted by molar-refractivity contribution is -0.135. The third kappa shape index (κ3) is 3.18. The summed E-state index contributed by atoms with van der Waals surface area (Å²) in [4.78, 5) is 22.4. The second kappa shape index (κ2) is 5.80. The maximum atomic E-state index is 11.6. The molecule has 0 bridgehead atoms. The molecule has 1 aromatic carbocycles. The SMILES string of the molecule is CC(=O)OC(=O)c1c(I)cc(I)c(N)c1I. The Labute approximate surface area is 133 Å². The number of rotatable bonds is 1. The van der Waals surface area contributed by atoms with Gasteiger partial charge in [0, 0.05) is 14.1 Å². The third-order valence-electron chi connectivity index (χ3n) is 1.65. The number of benzene rings is 1. The van der Waals surface area contributed by atoms with Crippen molar-refractivity contribution in [3.8, 4) is 0 Å². The van der Waals surface area contributed by atoms with Gasteiger partial charge in [0.2, 0.25) is 0 Å². The normalized spacial score (nSPS) is 10.0. The van der Waals surface area contributed by atoms with Gasteiger partial charge in [0.1, 0.15) is 0 Å². The third-order valence-corrected chi connectivity index (χ3v) is 4.51. The molecule has 0 aromatic heterocycles. The van der Waals surface area contributed by atoms with Crippen LogP contribution in [0.1, 0.15) is 17.3 Å². The molecule has 0 aliphatic heterocycles. The van der Waals surface area contributed by atoms with Crippen LogP contribution in [-0.4, -0.2) is 11.9 Å². The van der Waals surface area contributed by atoms with Crippen LogP contribution in [0, 0.1) is 10.7 Å². The van der Waals surface area contributed by atoms with E-state index in [1.165, 1.54) is 6.92 Å². The van der Waals surface area contributed by atoms with E-state index in [4.69, 9.17) is 5.73 Å². The summed E-state index contributed by atoms with van der Waals surface area (Å²) in [5.74, 6) is -1.29. The van der Waals surface area contributed by atoms with Crippen molar-refractivity contribution in [2.45, 2.75) is 6.92 Å². The van der Waals surface area contributed by atoms with E-state index >= 15 is 0 Å². The first kappa shape index (κ1) is 14.4. The molecule has 0 heterocycles. The summed E-state index contributed by atoms with van der Waals surface area (Å²) in [5.41, 5.74) is 6.68. The lowest BCUT2D eigenvalue weighted by Crippen LogP contribution is -2.14. The lowest BCUT2D eigenvalue weighted by Gasteiger charge is -2.09. The van der Waals surface area contributed by atoms with E-state index in [2.05, 4.69) is 27.3 Å². The van der Waals surface area contributed by atoms with Crippen LogP contribution in [0.25, 0.3) is 0 Å². The minimum Gasteiger partial charge on any atom is -0.397 e. The molecule has 0 atom stereocenters. The number of hydrogen-bond acceptors (Lipinski definition) is 4. The van der Waals surface area contributed by atoms with E-state index in [-0.39, 0.29) is 0 Å². The van der Waals surface area contributed by atoms with Gasteiger partial charge in [-0.1, -0.05) is 0 Å². The fourth-order valence-corrected chi connectivity index (χ4v) is 4.79. The van der Waals surface area contributed by atoms with Gasteiger partial charge in [0.05, 0.1) is 14.8 Å². The topological polar surface area (TPSA) is 69.4 Å². The first-order chi connectivity index (χ1) is 7.34. The maximum Gasteiger partial charge on any atom is 0.348 e. The molecule has 86 valence electrons. The van der Waals surface area contributed by atoms with Gasteiger partial charge in [0.15, 0.2) is 0 Å². The molecule has 7 heteroatoms. The van der Waals surface area contributed by atoms with Gasteiger partial charge in [-0.3, -0.25) is 4.79 Å². The summed E-state index contributed by atoms with van der Waals surface area (Å²) in [6.07, 6.45) is 0. The molecule has 0 unspecified atom stereocenters. The Morgan fingerprint density at radius 1 is 1.25 bits per heavy atom. The van der Waals surface area contributed by atoms with Gasteiger partial charge in [-0.15, -0.1) is 0 Å². The number of nitrogens with two attached hydrogens (primary N) is 1. The zero-order chi connectivity index (χ0) is 12.5. The second-order valence-electron chi connectivity index (χ2n) is 2.82. The highest BCUT2D eigenvalue weighted by atomic mass is 127. The van der Waals surface area contributed by atoms with Crippen molar-refractivity contribution in [2.24, 2.45) is 0 Å². The molecule has 1 aromatic rings. The quantitative estimate of drug-likeness (QED) is 0.250. The van der Waals surface area contributed by atoms with E-state index in [0.717, 1.165) is 3.57 Å². The lowest BCUT2D eigenvalue weighted by atomic mass is 10.2. The van der Waals surface area contributed by atoms with Crippen LogP contribution >= 0.6 is 67.8 Å². The Balaban J connectivity index is 3.29. The van der Waals surface area contributed by atoms with Gasteiger partial charge in [0.25, 0.3) is 0 Å². The molecule has 0 radical (unpaired) electrons. The highest BCUT2D eigenvalue weighted by molar-refractivity contribution is 14.1. The van der Waals surface area contributed by atoms with Gasteiger partial charge < -0.3 is 10.5 Å². The number of halogens is 3. The Morgan fingerprint density at radius 2 is 1.81 bits per heavy atom. The zero-order valence-corrected chi connectivity index (χ0v) is 14.5. The van der Waals surface area contributed by atoms with Crippen LogP contribution in [0.5, 0.6) is 0 Å². The van der Waals surface area contributed by atoms with Crippen LogP contribution in [0.3, 0.4) is 0 Å². The van der Waals surface area contributed by atoms with E-state index in [9.17, 15) is 9.59 Å². The zero-order valence-electron chi connectivity index (χ0n) is 8.01. The number of ether oxygens (including phenoxy) is 1. The van der Waals surface area contributed by atoms with Crippen molar-refractivity contribution in [1.29, 1.82) is 0 Å². The molecule has 0 fully saturated rings. The number of hydrogen-bond donors (Lipinski definition) is 1. The van der Waals surface area contributed by atoms with E-state index < -0.39 is 11.9 Å². The first-order valence-electron chi connectivity index (χ1n) is 4.00. The Hall–Kier alpha value is 0.350. The summed E-state index contributed by atoms with van der Waals surface area (Å²) in [6, 6.07) is 1.77. The number of esters is 2. The largest absolute Gasteiger partial charge is 0.397 e. The number of nitrogen functional groups attached to an aromatic ring is 1. The van der Waals surface area contributed by atoms with E-state index in [1.54, 1.807) is 6.07 Å². The Kier molecular flexibility index (Phi) is 5.22. The van der Waals surface area contributed by atoms with Gasteiger partial charge in [-0.25, -0.2) is 4.79 Å². The number of anilines is 1. The number of carbonyl (C=O) groups excluding carboxylic acids is 2. The molecule has 2 N–H and O–H groups in total. The van der Waals surface area contributed by atoms with Crippen molar-refractivity contribution < 1.29 is 14.3 Å². The summed E-state index contributed by atoms with van der Waals surface area (Å²) < 4.78 is 6.74. The molecule has 0 saturated carbocycles. The van der Waals surface area contributed by atoms with Crippen LogP contribution < -0.4 is 5.73 Å². The van der Waals surface area contributed by atoms with Gasteiger partial charge in [-0.05, 0) is 73.8 Å². The minimum absolute atomic E-state index is 0.342. The molecule has 0 aliphatic rings. The molecule has 4 nitrogen and oxygen atoms in total. The molecule has 0 spiro atoms. The monoisotopic (exact) mass is 557 g/mol. The smallest absolute Gasteiger partial charge is 0.348 e. The number of carbonyl (C=O) groups is 2. The summed E-state index contributed by atoms with van der Waals surface area (Å²) >= 11 is 6.07. The second-order valence-corrected chi connectivity index (χ2v) is 6.23. The van der Waals surface area contributed by atoms with Crippen molar-refractivity contribution >= 4 is 85.4 Å². The van der Waals surface area contributed by atoms with E-state index in [1.807, 2.05) is 45.2 Å². The van der Waals surface area contributed by atoms with Gasteiger partial charge >= 0.3 is 11.9 Å². The van der Waals surface area contributed by atoms with Crippen LogP contribution in [0.4, 0.5) is 5.69 Å². The summed E-state index contributed by atoms with van der Waals surface area (Å²) in [6.45, 7) is 1.19. The summed E-state index contributed by atoms with van der Waals surface area (Å²) in [7, 11) is 0. The van der Waals surface area contributed by atoms with Crippen molar-refractivity contribution in [3.05, 3.63) is 22.3 Å². The molecule has 16 heavy (non-hydrogen) atoms. The van der Waals surface area contributed by atoms with Crippen LogP contribution in [-0.2, 0) is 9.53 Å². The standard InChI is InChI=1S/C9H6I3NO3/c1-3(14)16-9(15)6-4(10)2-5(11)8(13)7(6)12/h2H,13H2,1H3. The molecular formula is C9H6I3NO3. The Morgan fingerprint density at radius 3 is 2.31 bits per heavy atom. The predicted molar refractivity (Wildman–Crippen MR) is 85.1 cm³/mol. The summed E-state index contributed by atoms with van der Waals surface area (Å²) in [5, 5.41) is 0. The molecule has 1 rings (SSSR count). The van der Waals surface area contributed by atoms with Crippen molar-refractivity contribution in [1.82, 2.24) is 0 Å². The molecular weight excluding hydrogens is 551 g/mol. The van der Waals surface area contributed by atoms with E-state index in [0.29, 0.717) is 18.4 Å². The predicted octanol–water partition coefficient (Wildman–Crippen LogP) is 2.79. The molecule has 0 amide bonds. The average Bonchev–Trinajstić information content (AvgIpc) is 2.13. The minimum atomic E-state index is -0.663. The average molecular weight is 557 g/mol. The van der Waals surface area contributed by atoms with Crippen molar-refractivity contribution in [3.63, 3.8) is 0 Å². The highest BCUT2D eigenvalue weighted by Crippen LogP contribution is 2.29. The first-order valence-corrected chi connectivity index (χ1v) is 7.24. The maximum absolute atomic E-state index is 11.6. The van der Waals surface area contributed by atoms with Crippen LogP contribution in [0.2, 0.25) is 0 Å². The van der Waals surface area contributed by atoms with Crippen molar-refractivity contribution in [2.75, 3.05) is 5.73 Å². The highest BCUT2D eigenvalue weighted by Gasteiger charge is 2.20. The van der Waals surface area contributed by atoms with Crippen LogP contribution in [0.15, 0.2) is 6.07 Å². The molecule has 0 saturated heterocycles. The Bertz CT molecular complexity index is 474. The van der Waals surface area contributed by atoms with Gasteiger partial charge in [-0.2, -0.15) is 0 Å². The molecule has 0 aliphatic carbocycles.